The predicted molar refractivity (Wildman–Crippen MR) is 247 cm³/mol. The van der Waals surface area contributed by atoms with E-state index in [4.69, 9.17) is 4.98 Å². The Morgan fingerprint density at radius 2 is 0.881 bits per heavy atom. The van der Waals surface area contributed by atoms with E-state index < -0.39 is 0 Å². The van der Waals surface area contributed by atoms with Crippen LogP contribution < -0.4 is 0 Å². The summed E-state index contributed by atoms with van der Waals surface area (Å²) in [4.78, 5) is 5.27. The number of rotatable bonds is 5. The van der Waals surface area contributed by atoms with Crippen molar-refractivity contribution in [2.24, 2.45) is 0 Å². The topological polar surface area (TPSA) is 22.8 Å². The Labute approximate surface area is 343 Å². The molecule has 0 atom stereocenters. The maximum Gasteiger partial charge on any atom is 0.0795 e. The molecule has 0 spiro atoms. The number of aromatic nitrogens is 3. The van der Waals surface area contributed by atoms with Crippen LogP contribution in [0.1, 0.15) is 25.0 Å². The fourth-order valence-electron chi connectivity index (χ4n) is 10.1. The average molecular weight is 754 g/mol. The lowest BCUT2D eigenvalue weighted by atomic mass is 9.80. The van der Waals surface area contributed by atoms with E-state index in [1.165, 1.54) is 71.4 Å². The lowest BCUT2D eigenvalue weighted by Gasteiger charge is -2.23. The minimum atomic E-state index is -0.223. The minimum Gasteiger partial charge on any atom is -0.307 e. The van der Waals surface area contributed by atoms with Crippen LogP contribution >= 0.6 is 0 Å². The fourth-order valence-corrected chi connectivity index (χ4v) is 10.1. The SMILES string of the molecule is CC1(C)c2ccccc2-c2c1c1c3ccccc3n(-c3ccc(-c4cc(-c5ccccc5)cc(-c5ccccc5)n4)cc3)c1c1c2c2ccccc2n1-c1ccccc1. The van der Waals surface area contributed by atoms with Crippen molar-refractivity contribution in [1.29, 1.82) is 0 Å². The van der Waals surface area contributed by atoms with Crippen molar-refractivity contribution in [3.63, 3.8) is 0 Å². The summed E-state index contributed by atoms with van der Waals surface area (Å²) in [6.07, 6.45) is 0. The molecule has 8 aromatic carbocycles. The molecule has 1 aliphatic carbocycles. The number of nitrogens with zero attached hydrogens (tertiary/aromatic N) is 3. The Hall–Kier alpha value is -7.49. The lowest BCUT2D eigenvalue weighted by molar-refractivity contribution is 0.667. The number of hydrogen-bond acceptors (Lipinski definition) is 1. The standard InChI is InChI=1S/C56H39N3/c1-56(2)45-27-15-12-24-42(45)50-51-43-25-13-16-28-48(43)58(40-22-10-5-11-23-40)54(51)55-52(53(50)56)44-26-14-17-29-49(44)59(55)41-32-30-38(31-33-41)47-35-39(36-18-6-3-7-19-36)34-46(57-47)37-20-8-4-9-21-37/h3-35H,1-2H3. The van der Waals surface area contributed by atoms with E-state index >= 15 is 0 Å². The molecule has 0 amide bonds. The van der Waals surface area contributed by atoms with Gasteiger partial charge in [0.25, 0.3) is 0 Å². The quantitative estimate of drug-likeness (QED) is 0.172. The lowest BCUT2D eigenvalue weighted by Crippen LogP contribution is -2.15. The summed E-state index contributed by atoms with van der Waals surface area (Å²) >= 11 is 0. The Balaban J connectivity index is 1.17. The monoisotopic (exact) mass is 753 g/mol. The largest absolute Gasteiger partial charge is 0.307 e. The number of hydrogen-bond donors (Lipinski definition) is 0. The Morgan fingerprint density at radius 3 is 1.53 bits per heavy atom. The van der Waals surface area contributed by atoms with Crippen molar-refractivity contribution in [3.8, 4) is 56.1 Å². The van der Waals surface area contributed by atoms with E-state index in [-0.39, 0.29) is 5.41 Å². The van der Waals surface area contributed by atoms with E-state index in [1.807, 2.05) is 0 Å². The molecule has 59 heavy (non-hydrogen) atoms. The summed E-state index contributed by atoms with van der Waals surface area (Å²) in [5.41, 5.74) is 18.8. The zero-order valence-corrected chi connectivity index (χ0v) is 32.9. The molecule has 0 saturated carbocycles. The summed E-state index contributed by atoms with van der Waals surface area (Å²) in [6, 6.07) is 72.5. The number of fused-ring (bicyclic) bond motifs is 12. The molecule has 3 heteroatoms. The van der Waals surface area contributed by atoms with E-state index in [1.54, 1.807) is 0 Å². The summed E-state index contributed by atoms with van der Waals surface area (Å²) in [7, 11) is 0. The van der Waals surface area contributed by atoms with Gasteiger partial charge in [0.15, 0.2) is 0 Å². The van der Waals surface area contributed by atoms with E-state index in [2.05, 4.69) is 223 Å². The van der Waals surface area contributed by atoms with Crippen LogP contribution in [-0.2, 0) is 5.41 Å². The molecule has 11 aromatic rings. The van der Waals surface area contributed by atoms with Crippen LogP contribution in [0.25, 0.3) is 99.8 Å². The van der Waals surface area contributed by atoms with Crippen molar-refractivity contribution in [2.75, 3.05) is 0 Å². The third-order valence-corrected chi connectivity index (χ3v) is 12.7. The Kier molecular flexibility index (Phi) is 7.27. The second-order valence-corrected chi connectivity index (χ2v) is 16.3. The molecule has 0 unspecified atom stereocenters. The highest BCUT2D eigenvalue weighted by molar-refractivity contribution is 6.31. The number of pyridine rings is 1. The predicted octanol–water partition coefficient (Wildman–Crippen LogP) is 14.6. The van der Waals surface area contributed by atoms with Crippen molar-refractivity contribution in [3.05, 3.63) is 211 Å². The van der Waals surface area contributed by atoms with Gasteiger partial charge in [0.1, 0.15) is 0 Å². The van der Waals surface area contributed by atoms with E-state index in [0.29, 0.717) is 0 Å². The van der Waals surface area contributed by atoms with Crippen LogP contribution in [0.5, 0.6) is 0 Å². The van der Waals surface area contributed by atoms with Crippen LogP contribution in [0.4, 0.5) is 0 Å². The maximum absolute atomic E-state index is 5.27. The molecule has 0 fully saturated rings. The fraction of sp³-hybridized carbons (Fsp3) is 0.0536. The van der Waals surface area contributed by atoms with Gasteiger partial charge in [-0.05, 0) is 81.9 Å². The van der Waals surface area contributed by atoms with Gasteiger partial charge in [-0.3, -0.25) is 0 Å². The van der Waals surface area contributed by atoms with E-state index in [9.17, 15) is 0 Å². The summed E-state index contributed by atoms with van der Waals surface area (Å²) < 4.78 is 5.03. The third kappa shape index (κ3) is 4.91. The molecule has 3 aromatic heterocycles. The molecule has 0 saturated heterocycles. The molecule has 3 heterocycles. The first-order valence-electron chi connectivity index (χ1n) is 20.5. The van der Waals surface area contributed by atoms with Crippen LogP contribution in [0.3, 0.4) is 0 Å². The van der Waals surface area contributed by atoms with Crippen LogP contribution in [0, 0.1) is 0 Å². The van der Waals surface area contributed by atoms with Crippen molar-refractivity contribution < 1.29 is 0 Å². The van der Waals surface area contributed by atoms with E-state index in [0.717, 1.165) is 39.5 Å². The summed E-state index contributed by atoms with van der Waals surface area (Å²) in [5, 5.41) is 5.15. The molecule has 0 bridgehead atoms. The Morgan fingerprint density at radius 1 is 0.407 bits per heavy atom. The van der Waals surface area contributed by atoms with Gasteiger partial charge in [0, 0.05) is 49.5 Å². The highest BCUT2D eigenvalue weighted by Crippen LogP contribution is 2.58. The Bertz CT molecular complexity index is 3370. The molecule has 3 nitrogen and oxygen atoms in total. The van der Waals surface area contributed by atoms with Gasteiger partial charge in [-0.25, -0.2) is 4.98 Å². The second-order valence-electron chi connectivity index (χ2n) is 16.3. The number of benzene rings is 8. The first-order valence-corrected chi connectivity index (χ1v) is 20.5. The molecule has 0 aliphatic heterocycles. The molecular formula is C56H39N3. The summed E-state index contributed by atoms with van der Waals surface area (Å²) in [5.74, 6) is 0. The van der Waals surface area contributed by atoms with Crippen LogP contribution in [0.2, 0.25) is 0 Å². The normalized spacial score (nSPS) is 13.1. The first-order chi connectivity index (χ1) is 29.1. The summed E-state index contributed by atoms with van der Waals surface area (Å²) in [6.45, 7) is 4.83. The second kappa shape index (κ2) is 12.8. The average Bonchev–Trinajstić information content (AvgIpc) is 3.90. The maximum atomic E-state index is 5.27. The molecule has 278 valence electrons. The molecule has 0 N–H and O–H groups in total. The van der Waals surface area contributed by atoms with Crippen molar-refractivity contribution in [2.45, 2.75) is 19.3 Å². The van der Waals surface area contributed by atoms with Gasteiger partial charge in [0.05, 0.1) is 33.5 Å². The van der Waals surface area contributed by atoms with Gasteiger partial charge in [-0.15, -0.1) is 0 Å². The smallest absolute Gasteiger partial charge is 0.0795 e. The van der Waals surface area contributed by atoms with Crippen molar-refractivity contribution in [1.82, 2.24) is 14.1 Å². The van der Waals surface area contributed by atoms with Gasteiger partial charge in [0.2, 0.25) is 0 Å². The number of para-hydroxylation sites is 3. The van der Waals surface area contributed by atoms with Crippen LogP contribution in [0.15, 0.2) is 200 Å². The minimum absolute atomic E-state index is 0.223. The van der Waals surface area contributed by atoms with Gasteiger partial charge >= 0.3 is 0 Å². The molecule has 1 aliphatic rings. The third-order valence-electron chi connectivity index (χ3n) is 12.7. The van der Waals surface area contributed by atoms with Gasteiger partial charge < -0.3 is 9.13 Å². The zero-order valence-electron chi connectivity index (χ0n) is 32.9. The van der Waals surface area contributed by atoms with Crippen LogP contribution in [-0.4, -0.2) is 14.1 Å². The van der Waals surface area contributed by atoms with Crippen molar-refractivity contribution >= 4 is 43.6 Å². The molecule has 12 rings (SSSR count). The zero-order chi connectivity index (χ0) is 39.2. The molecule has 0 radical (unpaired) electrons. The highest BCUT2D eigenvalue weighted by atomic mass is 15.0. The molecular weight excluding hydrogens is 715 g/mol. The van der Waals surface area contributed by atoms with Gasteiger partial charge in [-0.1, -0.05) is 166 Å². The highest BCUT2D eigenvalue weighted by Gasteiger charge is 2.41. The first kappa shape index (κ1) is 33.6. The van der Waals surface area contributed by atoms with Gasteiger partial charge in [-0.2, -0.15) is 0 Å².